The lowest BCUT2D eigenvalue weighted by Crippen LogP contribution is -2.21. The molecule has 0 spiro atoms. The van der Waals surface area contributed by atoms with E-state index in [4.69, 9.17) is 4.98 Å². The molecule has 6 heteroatoms. The van der Waals surface area contributed by atoms with Crippen LogP contribution in [-0.4, -0.2) is 37.7 Å². The van der Waals surface area contributed by atoms with Crippen molar-refractivity contribution in [2.45, 2.75) is 56.6 Å². The van der Waals surface area contributed by atoms with E-state index in [1.165, 1.54) is 37.4 Å². The minimum atomic E-state index is -1.04. The van der Waals surface area contributed by atoms with Crippen LogP contribution < -0.4 is 0 Å². The monoisotopic (exact) mass is 506 g/mol. The van der Waals surface area contributed by atoms with Crippen molar-refractivity contribution in [2.75, 3.05) is 17.3 Å². The summed E-state index contributed by atoms with van der Waals surface area (Å²) >= 11 is 1.36. The van der Waals surface area contributed by atoms with E-state index in [1.807, 2.05) is 66.7 Å². The molecule has 0 amide bonds. The Morgan fingerprint density at radius 3 is 2.26 bits per heavy atom. The summed E-state index contributed by atoms with van der Waals surface area (Å²) in [6.45, 7) is 2.20. The third-order valence-electron chi connectivity index (χ3n) is 5.77. The highest BCUT2D eigenvalue weighted by molar-refractivity contribution is 7.99. The molecule has 1 aromatic heterocycles. The molecule has 184 valence electrons. The van der Waals surface area contributed by atoms with Gasteiger partial charge in [-0.15, -0.1) is 11.8 Å². The Morgan fingerprint density at radius 1 is 0.971 bits per heavy atom. The smallest absolute Gasteiger partial charge is 0.115 e. The maximum absolute atomic E-state index is 12.4. The summed E-state index contributed by atoms with van der Waals surface area (Å²) in [5.41, 5.74) is 4.03. The average Bonchev–Trinajstić information content (AvgIpc) is 2.90. The van der Waals surface area contributed by atoms with Crippen molar-refractivity contribution in [3.8, 4) is 28.5 Å². The van der Waals surface area contributed by atoms with Crippen LogP contribution in [0.5, 0.6) is 0 Å². The minimum Gasteiger partial charge on any atom is -0.391 e. The lowest BCUT2D eigenvalue weighted by Gasteiger charge is -2.14. The van der Waals surface area contributed by atoms with Crippen LogP contribution in [-0.2, 0) is 10.8 Å². The zero-order valence-electron chi connectivity index (χ0n) is 20.4. The average molecular weight is 507 g/mol. The van der Waals surface area contributed by atoms with Gasteiger partial charge < -0.3 is 5.11 Å². The molecule has 0 aliphatic heterocycles. The molecule has 3 aromatic rings. The molecule has 3 rings (SSSR count). The van der Waals surface area contributed by atoms with Gasteiger partial charge in [-0.05, 0) is 18.1 Å². The van der Waals surface area contributed by atoms with Crippen LogP contribution >= 0.6 is 11.8 Å². The summed E-state index contributed by atoms with van der Waals surface area (Å²) in [5, 5.41) is 21.1. The van der Waals surface area contributed by atoms with Crippen LogP contribution in [0.4, 0.5) is 0 Å². The third kappa shape index (κ3) is 8.61. The molecule has 2 unspecified atom stereocenters. The van der Waals surface area contributed by atoms with Gasteiger partial charge in [0, 0.05) is 33.4 Å². The number of thioether (sulfide) groups is 1. The zero-order chi connectivity index (χ0) is 24.9. The molecule has 1 N–H and O–H groups in total. The molecule has 4 nitrogen and oxygen atoms in total. The Labute approximate surface area is 216 Å². The second-order valence-corrected chi connectivity index (χ2v) is 11.3. The van der Waals surface area contributed by atoms with Crippen LogP contribution in [0.3, 0.4) is 0 Å². The number of aliphatic hydroxyl groups excluding tert-OH is 1. The summed E-state index contributed by atoms with van der Waals surface area (Å²) in [4.78, 5) is 4.79. The SMILES string of the molecule is CCCCCCCCS(=O)CC(O)CSc1nc(-c2ccccc2)cc(-c2ccccc2)c1C#N. The minimum absolute atomic E-state index is 0.258. The number of aromatic nitrogens is 1. The first-order valence-electron chi connectivity index (χ1n) is 12.3. The highest BCUT2D eigenvalue weighted by atomic mass is 32.2. The molecule has 0 radical (unpaired) electrons. The number of nitrogens with zero attached hydrogens (tertiary/aromatic N) is 2. The number of hydrogen-bond donors (Lipinski definition) is 1. The van der Waals surface area contributed by atoms with Crippen LogP contribution in [0.1, 0.15) is 51.0 Å². The van der Waals surface area contributed by atoms with Crippen LogP contribution in [0.25, 0.3) is 22.4 Å². The summed E-state index contributed by atoms with van der Waals surface area (Å²) in [5.74, 6) is 1.24. The Bertz CT molecular complexity index is 1110. The molecule has 2 aromatic carbocycles. The van der Waals surface area contributed by atoms with Gasteiger partial charge >= 0.3 is 0 Å². The molecular weight excluding hydrogens is 472 g/mol. The Balaban J connectivity index is 1.70. The predicted molar refractivity (Wildman–Crippen MR) is 148 cm³/mol. The molecule has 0 aliphatic rings. The first-order valence-corrected chi connectivity index (χ1v) is 14.8. The van der Waals surface area contributed by atoms with E-state index in [0.717, 1.165) is 35.2 Å². The fourth-order valence-electron chi connectivity index (χ4n) is 3.90. The van der Waals surface area contributed by atoms with Gasteiger partial charge in [0.25, 0.3) is 0 Å². The van der Waals surface area contributed by atoms with Gasteiger partial charge in [-0.2, -0.15) is 5.26 Å². The van der Waals surface area contributed by atoms with Crippen LogP contribution in [0, 0.1) is 11.3 Å². The normalized spacial score (nSPS) is 12.7. The van der Waals surface area contributed by atoms with Gasteiger partial charge in [0.05, 0.1) is 23.1 Å². The second-order valence-electron chi connectivity index (χ2n) is 8.62. The van der Waals surface area contributed by atoms with Gasteiger partial charge in [0.15, 0.2) is 0 Å². The number of unbranched alkanes of at least 4 members (excludes halogenated alkanes) is 5. The molecule has 0 fully saturated rings. The number of nitriles is 1. The van der Waals surface area contributed by atoms with Crippen molar-refractivity contribution in [1.29, 1.82) is 5.26 Å². The van der Waals surface area contributed by atoms with Crippen molar-refractivity contribution < 1.29 is 9.32 Å². The van der Waals surface area contributed by atoms with Crippen LogP contribution in [0.15, 0.2) is 71.8 Å². The van der Waals surface area contributed by atoms with Gasteiger partial charge in [0.1, 0.15) is 11.1 Å². The van der Waals surface area contributed by atoms with E-state index in [2.05, 4.69) is 13.0 Å². The molecule has 35 heavy (non-hydrogen) atoms. The maximum atomic E-state index is 12.4. The zero-order valence-corrected chi connectivity index (χ0v) is 22.0. The van der Waals surface area contributed by atoms with E-state index in [1.54, 1.807) is 0 Å². The van der Waals surface area contributed by atoms with Gasteiger partial charge in [0.2, 0.25) is 0 Å². The Kier molecular flexibility index (Phi) is 11.5. The van der Waals surface area contributed by atoms with Gasteiger partial charge in [-0.1, -0.05) is 99.7 Å². The molecular formula is C29H34N2O2S2. The topological polar surface area (TPSA) is 74.0 Å². The van der Waals surface area contributed by atoms with Gasteiger partial charge in [-0.25, -0.2) is 4.98 Å². The molecule has 0 saturated heterocycles. The first-order chi connectivity index (χ1) is 17.1. The lowest BCUT2D eigenvalue weighted by atomic mass is 9.99. The standard InChI is InChI=1S/C29H34N2O2S2/c1-2-3-4-5-6-13-18-35(33)22-25(32)21-34-29-27(20-30)26(23-14-9-7-10-15-23)19-28(31-29)24-16-11-8-12-17-24/h7-12,14-17,19,25,32H,2-6,13,18,21-22H2,1H3. The van der Waals surface area contributed by atoms with Crippen molar-refractivity contribution in [1.82, 2.24) is 4.98 Å². The number of benzene rings is 2. The first kappa shape index (κ1) is 27.1. The summed E-state index contributed by atoms with van der Waals surface area (Å²) in [6.07, 6.45) is 6.23. The lowest BCUT2D eigenvalue weighted by molar-refractivity contribution is 0.224. The summed E-state index contributed by atoms with van der Waals surface area (Å²) in [6, 6.07) is 24.0. The predicted octanol–water partition coefficient (Wildman–Crippen LogP) is 6.85. The second kappa shape index (κ2) is 14.8. The molecule has 0 aliphatic carbocycles. The molecule has 0 bridgehead atoms. The third-order valence-corrected chi connectivity index (χ3v) is 8.39. The number of aliphatic hydroxyl groups is 1. The van der Waals surface area contributed by atoms with Crippen molar-refractivity contribution in [3.05, 3.63) is 72.3 Å². The summed E-state index contributed by atoms with van der Waals surface area (Å²) in [7, 11) is -1.04. The Hall–Kier alpha value is -2.46. The van der Waals surface area contributed by atoms with E-state index >= 15 is 0 Å². The quantitative estimate of drug-likeness (QED) is 0.191. The number of pyridine rings is 1. The number of hydrogen-bond acceptors (Lipinski definition) is 5. The van der Waals surface area contributed by atoms with Crippen molar-refractivity contribution in [3.63, 3.8) is 0 Å². The molecule has 2 atom stereocenters. The largest absolute Gasteiger partial charge is 0.391 e. The van der Waals surface area contributed by atoms with Crippen molar-refractivity contribution >= 4 is 22.6 Å². The Morgan fingerprint density at radius 2 is 1.60 bits per heavy atom. The van der Waals surface area contributed by atoms with Crippen molar-refractivity contribution in [2.24, 2.45) is 0 Å². The fourth-order valence-corrected chi connectivity index (χ4v) is 6.22. The van der Waals surface area contributed by atoms with Crippen LogP contribution in [0.2, 0.25) is 0 Å². The molecule has 1 heterocycles. The van der Waals surface area contributed by atoms with E-state index in [9.17, 15) is 14.6 Å². The fraction of sp³-hybridized carbons (Fsp3) is 0.379. The highest BCUT2D eigenvalue weighted by Gasteiger charge is 2.18. The molecule has 0 saturated carbocycles. The van der Waals surface area contributed by atoms with Gasteiger partial charge in [-0.3, -0.25) is 4.21 Å². The van der Waals surface area contributed by atoms with E-state index < -0.39 is 16.9 Å². The maximum Gasteiger partial charge on any atom is 0.115 e. The number of rotatable bonds is 14. The van der Waals surface area contributed by atoms with E-state index in [-0.39, 0.29) is 5.75 Å². The van der Waals surface area contributed by atoms with E-state index in [0.29, 0.717) is 22.1 Å². The summed E-state index contributed by atoms with van der Waals surface area (Å²) < 4.78 is 12.4. The highest BCUT2D eigenvalue weighted by Crippen LogP contribution is 2.34.